The molecule has 0 fully saturated rings. The number of carboxylic acids is 1. The number of nitrogens with one attached hydrogen (secondary N) is 2. The number of hydrogen-bond donors (Lipinski definition) is 3. The van der Waals surface area contributed by atoms with Crippen molar-refractivity contribution >= 4 is 44.6 Å². The highest BCUT2D eigenvalue weighted by atomic mass is 16.4. The first-order chi connectivity index (χ1) is 19.1. The first-order valence-electron chi connectivity index (χ1n) is 14.1. The van der Waals surface area contributed by atoms with Gasteiger partial charge in [-0.1, -0.05) is 88.4 Å². The van der Waals surface area contributed by atoms with Crippen LogP contribution in [0.25, 0.3) is 21.5 Å². The maximum Gasteiger partial charge on any atom is 0.335 e. The van der Waals surface area contributed by atoms with E-state index in [1.165, 1.54) is 38.2 Å². The lowest BCUT2D eigenvalue weighted by molar-refractivity contribution is 0.0697. The summed E-state index contributed by atoms with van der Waals surface area (Å²) in [4.78, 5) is 11.7. The first-order valence-corrected chi connectivity index (χ1v) is 14.1. The predicted octanol–water partition coefficient (Wildman–Crippen LogP) is 9.30. The van der Waals surface area contributed by atoms with Gasteiger partial charge in [0.05, 0.1) is 28.7 Å². The van der Waals surface area contributed by atoms with Gasteiger partial charge in [-0.15, -0.1) is 0 Å². The second-order valence-electron chi connectivity index (χ2n) is 12.7. The summed E-state index contributed by atoms with van der Waals surface area (Å²) in [5.74, 6) is -0.916. The summed E-state index contributed by atoms with van der Waals surface area (Å²) in [6.45, 7) is 9.44. The van der Waals surface area contributed by atoms with Gasteiger partial charge in [-0.2, -0.15) is 0 Å². The zero-order valence-electron chi connectivity index (χ0n) is 23.4. The molecule has 0 amide bonds. The van der Waals surface area contributed by atoms with Crippen LogP contribution in [0.2, 0.25) is 0 Å². The molecule has 1 unspecified atom stereocenters. The molecule has 200 valence electrons. The van der Waals surface area contributed by atoms with E-state index in [9.17, 15) is 9.90 Å². The van der Waals surface area contributed by atoms with Crippen LogP contribution in [0.3, 0.4) is 0 Å². The van der Waals surface area contributed by atoms with Gasteiger partial charge in [-0.05, 0) is 80.8 Å². The number of fused-ring (bicyclic) bond motifs is 8. The summed E-state index contributed by atoms with van der Waals surface area (Å²) in [6, 6.07) is 29.1. The Bertz CT molecular complexity index is 1830. The number of aromatic carboxylic acids is 1. The third-order valence-corrected chi connectivity index (χ3v) is 9.30. The molecule has 0 saturated carbocycles. The van der Waals surface area contributed by atoms with Crippen LogP contribution >= 0.6 is 0 Å². The van der Waals surface area contributed by atoms with Crippen molar-refractivity contribution in [1.82, 2.24) is 0 Å². The van der Waals surface area contributed by atoms with Gasteiger partial charge in [0, 0.05) is 10.9 Å². The Morgan fingerprint density at radius 1 is 0.725 bits per heavy atom. The van der Waals surface area contributed by atoms with E-state index < -0.39 is 5.97 Å². The molecule has 5 aromatic carbocycles. The fourth-order valence-electron chi connectivity index (χ4n) is 6.87. The highest BCUT2D eigenvalue weighted by molar-refractivity contribution is 6.16. The molecule has 2 aliphatic rings. The lowest BCUT2D eigenvalue weighted by atomic mass is 9.63. The van der Waals surface area contributed by atoms with Gasteiger partial charge in [0.25, 0.3) is 0 Å². The lowest BCUT2D eigenvalue weighted by Gasteiger charge is -2.42. The van der Waals surface area contributed by atoms with Crippen molar-refractivity contribution in [2.24, 2.45) is 0 Å². The molecule has 40 heavy (non-hydrogen) atoms. The Kier molecular flexibility index (Phi) is 5.31. The van der Waals surface area contributed by atoms with Crippen LogP contribution in [0.4, 0.5) is 17.1 Å². The Labute approximate surface area is 235 Å². The summed E-state index contributed by atoms with van der Waals surface area (Å²) >= 11 is 0. The van der Waals surface area contributed by atoms with E-state index in [0.29, 0.717) is 0 Å². The third kappa shape index (κ3) is 3.70. The van der Waals surface area contributed by atoms with Crippen LogP contribution in [0.1, 0.15) is 79.2 Å². The van der Waals surface area contributed by atoms with Gasteiger partial charge in [-0.3, -0.25) is 0 Å². The quantitative estimate of drug-likeness (QED) is 0.201. The summed E-state index contributed by atoms with van der Waals surface area (Å²) in [6.07, 6.45) is 2.30. The molecule has 4 heteroatoms. The van der Waals surface area contributed by atoms with Crippen molar-refractivity contribution in [2.75, 3.05) is 10.6 Å². The van der Waals surface area contributed by atoms with Gasteiger partial charge in [0.15, 0.2) is 0 Å². The number of hydrogen-bond acceptors (Lipinski definition) is 3. The smallest absolute Gasteiger partial charge is 0.335 e. The van der Waals surface area contributed by atoms with Crippen LogP contribution in [-0.4, -0.2) is 11.1 Å². The van der Waals surface area contributed by atoms with Crippen LogP contribution < -0.4 is 10.6 Å². The standard InChI is InChI=1S/C36H34N2O2/c1-35(2)17-18-36(3,4)28-20-30-29(19-27(28)35)37-32(21-13-15-22(16-14-21)34(39)40)31-25-11-7-5-9-23(25)24-10-6-8-12-26(24)33(31)38-30/h5-16,19-20,32,37-38H,17-18H2,1-4H3,(H,39,40). The fourth-order valence-corrected chi connectivity index (χ4v) is 6.87. The molecule has 0 radical (unpaired) electrons. The average Bonchev–Trinajstić information content (AvgIpc) is 3.12. The Morgan fingerprint density at radius 3 is 1.85 bits per heavy atom. The molecule has 1 aliphatic heterocycles. The summed E-state index contributed by atoms with van der Waals surface area (Å²) in [5, 5.41) is 22.2. The van der Waals surface area contributed by atoms with E-state index in [-0.39, 0.29) is 22.4 Å². The Hall–Kier alpha value is -4.31. The van der Waals surface area contributed by atoms with E-state index in [1.807, 2.05) is 12.1 Å². The summed E-state index contributed by atoms with van der Waals surface area (Å²) in [5.41, 5.74) is 8.72. The average molecular weight is 527 g/mol. The fraction of sp³-hybridized carbons (Fsp3) is 0.250. The van der Waals surface area contributed by atoms with Crippen molar-refractivity contribution in [3.63, 3.8) is 0 Å². The minimum atomic E-state index is -0.916. The van der Waals surface area contributed by atoms with E-state index in [4.69, 9.17) is 0 Å². The zero-order valence-corrected chi connectivity index (χ0v) is 23.4. The van der Waals surface area contributed by atoms with Crippen molar-refractivity contribution in [3.05, 3.63) is 113 Å². The Morgan fingerprint density at radius 2 is 1.25 bits per heavy atom. The second-order valence-corrected chi connectivity index (χ2v) is 12.7. The molecule has 0 aromatic heterocycles. The van der Waals surface area contributed by atoms with Gasteiger partial charge < -0.3 is 15.7 Å². The van der Waals surface area contributed by atoms with E-state index >= 15 is 0 Å². The zero-order chi connectivity index (χ0) is 27.8. The third-order valence-electron chi connectivity index (χ3n) is 9.30. The molecule has 0 saturated heterocycles. The largest absolute Gasteiger partial charge is 0.478 e. The van der Waals surface area contributed by atoms with Gasteiger partial charge >= 0.3 is 5.97 Å². The topological polar surface area (TPSA) is 61.4 Å². The second kappa shape index (κ2) is 8.59. The van der Waals surface area contributed by atoms with Crippen LogP contribution in [0.15, 0.2) is 84.9 Å². The summed E-state index contributed by atoms with van der Waals surface area (Å²) in [7, 11) is 0. The van der Waals surface area contributed by atoms with Crippen LogP contribution in [0.5, 0.6) is 0 Å². The van der Waals surface area contributed by atoms with E-state index in [2.05, 4.69) is 99.0 Å². The molecular formula is C36H34N2O2. The van der Waals surface area contributed by atoms with Gasteiger partial charge in [0.2, 0.25) is 0 Å². The SMILES string of the molecule is CC1(C)CCC(C)(C)c2cc3c(cc21)Nc1c(c2ccccc2c2ccccc12)C(c1ccc(C(=O)O)cc1)N3. The monoisotopic (exact) mass is 526 g/mol. The molecular weight excluding hydrogens is 492 g/mol. The number of carboxylic acid groups (broad SMARTS) is 1. The lowest BCUT2D eigenvalue weighted by Crippen LogP contribution is -2.34. The molecule has 7 rings (SSSR count). The highest BCUT2D eigenvalue weighted by Crippen LogP contribution is 2.52. The van der Waals surface area contributed by atoms with Crippen LogP contribution in [-0.2, 0) is 10.8 Å². The molecule has 5 aromatic rings. The highest BCUT2D eigenvalue weighted by Gasteiger charge is 2.39. The van der Waals surface area contributed by atoms with Crippen molar-refractivity contribution in [3.8, 4) is 0 Å². The molecule has 1 aliphatic carbocycles. The first kappa shape index (κ1) is 24.7. The Balaban J connectivity index is 1.55. The summed E-state index contributed by atoms with van der Waals surface area (Å²) < 4.78 is 0. The molecule has 4 nitrogen and oxygen atoms in total. The van der Waals surface area contributed by atoms with Crippen molar-refractivity contribution < 1.29 is 9.90 Å². The number of carbonyl (C=O) groups is 1. The van der Waals surface area contributed by atoms with Gasteiger partial charge in [0.1, 0.15) is 0 Å². The number of benzene rings is 5. The van der Waals surface area contributed by atoms with Crippen molar-refractivity contribution in [2.45, 2.75) is 57.4 Å². The van der Waals surface area contributed by atoms with Crippen LogP contribution in [0, 0.1) is 0 Å². The van der Waals surface area contributed by atoms with Gasteiger partial charge in [-0.25, -0.2) is 4.79 Å². The molecule has 3 N–H and O–H groups in total. The minimum Gasteiger partial charge on any atom is -0.478 e. The molecule has 0 bridgehead atoms. The number of rotatable bonds is 2. The maximum absolute atomic E-state index is 11.7. The predicted molar refractivity (Wildman–Crippen MR) is 165 cm³/mol. The van der Waals surface area contributed by atoms with E-state index in [0.717, 1.165) is 35.5 Å². The maximum atomic E-state index is 11.7. The normalized spacial score (nSPS) is 18.6. The molecule has 0 spiro atoms. The minimum absolute atomic E-state index is 0.0821. The molecule has 1 heterocycles. The number of anilines is 3. The molecule has 1 atom stereocenters. The van der Waals surface area contributed by atoms with Crippen molar-refractivity contribution in [1.29, 1.82) is 0 Å². The van der Waals surface area contributed by atoms with E-state index in [1.54, 1.807) is 12.1 Å².